The number of carbonyl (C=O) groups excluding carboxylic acids is 1. The third-order valence-electron chi connectivity index (χ3n) is 2.87. The number of hydrogen-bond acceptors (Lipinski definition) is 4. The molecule has 1 amide bonds. The number of aliphatic imine (C=N–C) groups is 1. The van der Waals surface area contributed by atoms with E-state index in [0.29, 0.717) is 30.1 Å². The molecule has 0 saturated heterocycles. The summed E-state index contributed by atoms with van der Waals surface area (Å²) in [5.41, 5.74) is 0.819. The van der Waals surface area contributed by atoms with Gasteiger partial charge in [-0.05, 0) is 25.7 Å². The van der Waals surface area contributed by atoms with Crippen LogP contribution in [0.4, 0.5) is 15.9 Å². The Kier molecular flexibility index (Phi) is 6.21. The Morgan fingerprint density at radius 1 is 1.45 bits per heavy atom. The Morgan fingerprint density at radius 2 is 2.15 bits per heavy atom. The van der Waals surface area contributed by atoms with Crippen molar-refractivity contribution in [1.82, 2.24) is 9.97 Å². The van der Waals surface area contributed by atoms with E-state index < -0.39 is 6.08 Å². The largest absolute Gasteiger partial charge is 0.310 e. The van der Waals surface area contributed by atoms with Crippen LogP contribution in [-0.2, 0) is 4.79 Å². The molecule has 0 saturated carbocycles. The number of nitrogens with zero attached hydrogens (tertiary/aromatic N) is 3. The van der Waals surface area contributed by atoms with Crippen LogP contribution in [0.1, 0.15) is 45.7 Å². The average Bonchev–Trinajstić information content (AvgIpc) is 2.37. The maximum Gasteiger partial charge on any atom is 0.310 e. The zero-order chi connectivity index (χ0) is 15.1. The smallest absolute Gasteiger partial charge is 0.309 e. The highest BCUT2D eigenvalue weighted by atomic mass is 19.1. The van der Waals surface area contributed by atoms with Gasteiger partial charge in [-0.3, -0.25) is 9.79 Å². The molecule has 110 valence electrons. The molecule has 0 spiro atoms. The Hall–Kier alpha value is -1.85. The second-order valence-corrected chi connectivity index (χ2v) is 4.74. The minimum atomic E-state index is -0.864. The van der Waals surface area contributed by atoms with Crippen molar-refractivity contribution < 1.29 is 9.18 Å². The molecule has 0 radical (unpaired) electrons. The molecule has 0 bridgehead atoms. The second-order valence-electron chi connectivity index (χ2n) is 4.74. The average molecular weight is 280 g/mol. The highest BCUT2D eigenvalue weighted by Crippen LogP contribution is 2.26. The number of aryl methyl sites for hydroxylation is 1. The number of halogens is 1. The maximum atomic E-state index is 13.3. The topological polar surface area (TPSA) is 67.2 Å². The van der Waals surface area contributed by atoms with Gasteiger partial charge in [0.05, 0.1) is 5.69 Å². The summed E-state index contributed by atoms with van der Waals surface area (Å²) >= 11 is 0. The van der Waals surface area contributed by atoms with E-state index in [9.17, 15) is 9.18 Å². The van der Waals surface area contributed by atoms with Crippen LogP contribution in [0.25, 0.3) is 0 Å². The Morgan fingerprint density at radius 3 is 2.75 bits per heavy atom. The Balaban J connectivity index is 3.07. The van der Waals surface area contributed by atoms with Gasteiger partial charge in [0, 0.05) is 12.6 Å². The molecule has 1 N–H and O–H groups in total. The van der Waals surface area contributed by atoms with Crippen LogP contribution in [0, 0.1) is 18.9 Å². The summed E-state index contributed by atoms with van der Waals surface area (Å²) in [6.45, 7) is 7.62. The van der Waals surface area contributed by atoms with Gasteiger partial charge in [-0.1, -0.05) is 20.8 Å². The first-order chi connectivity index (χ1) is 9.47. The lowest BCUT2D eigenvalue weighted by molar-refractivity contribution is -0.116. The summed E-state index contributed by atoms with van der Waals surface area (Å²) < 4.78 is 13.3. The van der Waals surface area contributed by atoms with Crippen molar-refractivity contribution in [3.63, 3.8) is 0 Å². The minimum Gasteiger partial charge on any atom is -0.309 e. The van der Waals surface area contributed by atoms with Crippen molar-refractivity contribution in [1.29, 1.82) is 0 Å². The lowest BCUT2D eigenvalue weighted by Crippen LogP contribution is -2.13. The molecule has 1 aromatic rings. The normalized spacial score (nSPS) is 12.7. The van der Waals surface area contributed by atoms with Gasteiger partial charge in [-0.2, -0.15) is 9.37 Å². The van der Waals surface area contributed by atoms with Gasteiger partial charge in [0.15, 0.2) is 5.82 Å². The van der Waals surface area contributed by atoms with Gasteiger partial charge in [0.2, 0.25) is 5.91 Å². The van der Waals surface area contributed by atoms with Gasteiger partial charge in [-0.25, -0.2) is 4.98 Å². The summed E-state index contributed by atoms with van der Waals surface area (Å²) in [6, 6.07) is 0. The number of nitrogens with one attached hydrogen (secondary N) is 1. The lowest BCUT2D eigenvalue weighted by Gasteiger charge is -2.09. The molecule has 1 atom stereocenters. The van der Waals surface area contributed by atoms with Crippen LogP contribution in [0.2, 0.25) is 0 Å². The molecule has 6 heteroatoms. The van der Waals surface area contributed by atoms with Crippen molar-refractivity contribution in [2.45, 2.75) is 47.0 Å². The first-order valence-corrected chi connectivity index (χ1v) is 6.86. The maximum absolute atomic E-state index is 13.3. The molecule has 20 heavy (non-hydrogen) atoms. The summed E-state index contributed by atoms with van der Waals surface area (Å²) in [7, 11) is 0. The zero-order valence-electron chi connectivity index (χ0n) is 12.4. The highest BCUT2D eigenvalue weighted by Gasteiger charge is 2.13. The minimum absolute atomic E-state index is 0.132. The number of rotatable bonds is 6. The third kappa shape index (κ3) is 4.68. The fourth-order valence-corrected chi connectivity index (χ4v) is 1.50. The second kappa shape index (κ2) is 7.67. The number of aromatic nitrogens is 2. The summed E-state index contributed by atoms with van der Waals surface area (Å²) in [6.07, 6.45) is 2.92. The number of amides is 1. The number of hydrogen-bond donors (Lipinski definition) is 1. The van der Waals surface area contributed by atoms with Crippen LogP contribution >= 0.6 is 0 Å². The third-order valence-corrected chi connectivity index (χ3v) is 2.87. The summed E-state index contributed by atoms with van der Waals surface area (Å²) in [5, 5.41) is 2.59. The number of anilines is 1. The van der Waals surface area contributed by atoms with Crippen molar-refractivity contribution in [3.8, 4) is 0 Å². The molecule has 0 aliphatic rings. The molecule has 1 unspecified atom stereocenters. The molecular weight excluding hydrogens is 259 g/mol. The summed E-state index contributed by atoms with van der Waals surface area (Å²) in [4.78, 5) is 23.2. The Labute approximate surface area is 118 Å². The van der Waals surface area contributed by atoms with E-state index in [1.807, 2.05) is 13.8 Å². The van der Waals surface area contributed by atoms with Gasteiger partial charge in [0.25, 0.3) is 0 Å². The van der Waals surface area contributed by atoms with Gasteiger partial charge < -0.3 is 5.32 Å². The van der Waals surface area contributed by atoms with Crippen LogP contribution in [0.3, 0.4) is 0 Å². The van der Waals surface area contributed by atoms with E-state index in [0.717, 1.165) is 6.42 Å². The van der Waals surface area contributed by atoms with Crippen molar-refractivity contribution in [2.75, 3.05) is 5.32 Å². The fraction of sp³-hybridized carbons (Fsp3) is 0.571. The molecule has 5 nitrogen and oxygen atoms in total. The van der Waals surface area contributed by atoms with E-state index in [-0.39, 0.29) is 11.7 Å². The van der Waals surface area contributed by atoms with Gasteiger partial charge in [-0.15, -0.1) is 0 Å². The fourth-order valence-electron chi connectivity index (χ4n) is 1.50. The van der Waals surface area contributed by atoms with Crippen molar-refractivity contribution in [2.24, 2.45) is 10.9 Å². The van der Waals surface area contributed by atoms with Crippen LogP contribution in [-0.4, -0.2) is 22.1 Å². The van der Waals surface area contributed by atoms with E-state index in [1.165, 1.54) is 0 Å². The Bertz CT molecular complexity index is 502. The molecular formula is C14H21FN4O. The summed E-state index contributed by atoms with van der Waals surface area (Å²) in [5.74, 6) is 0.219. The predicted octanol–water partition coefficient (Wildman–Crippen LogP) is 3.41. The molecule has 0 aliphatic carbocycles. The zero-order valence-corrected chi connectivity index (χ0v) is 12.4. The molecule has 1 rings (SSSR count). The van der Waals surface area contributed by atoms with Crippen LogP contribution in [0.5, 0.6) is 0 Å². The van der Waals surface area contributed by atoms with Crippen LogP contribution in [0.15, 0.2) is 4.99 Å². The standard InChI is InChI=1S/C14H21FN4O/c1-5-7-11(20)18-13-12(16-8-9(3)6-2)10(4)17-14(15)19-13/h8-9H,5-7H2,1-4H3,(H,17,18,19,20). The monoisotopic (exact) mass is 280 g/mol. The first kappa shape index (κ1) is 16.2. The lowest BCUT2D eigenvalue weighted by atomic mass is 10.1. The quantitative estimate of drug-likeness (QED) is 0.641. The van der Waals surface area contributed by atoms with Crippen LogP contribution < -0.4 is 5.32 Å². The van der Waals surface area contributed by atoms with Gasteiger partial charge >= 0.3 is 6.08 Å². The SMILES string of the molecule is CCCC(=O)Nc1nc(F)nc(C)c1N=CC(C)CC. The predicted molar refractivity (Wildman–Crippen MR) is 77.9 cm³/mol. The van der Waals surface area contributed by atoms with E-state index >= 15 is 0 Å². The first-order valence-electron chi connectivity index (χ1n) is 6.86. The highest BCUT2D eigenvalue weighted by molar-refractivity contribution is 5.93. The van der Waals surface area contributed by atoms with Crippen molar-refractivity contribution >= 4 is 23.6 Å². The molecule has 1 aromatic heterocycles. The van der Waals surface area contributed by atoms with Crippen molar-refractivity contribution in [3.05, 3.63) is 11.8 Å². The molecule has 0 aliphatic heterocycles. The van der Waals surface area contributed by atoms with E-state index in [4.69, 9.17) is 0 Å². The molecule has 1 heterocycles. The van der Waals surface area contributed by atoms with E-state index in [2.05, 4.69) is 27.2 Å². The molecule has 0 fully saturated rings. The molecule has 0 aromatic carbocycles. The number of carbonyl (C=O) groups is 1. The van der Waals surface area contributed by atoms with E-state index in [1.54, 1.807) is 13.1 Å². The van der Waals surface area contributed by atoms with Gasteiger partial charge in [0.1, 0.15) is 5.69 Å².